The summed E-state index contributed by atoms with van der Waals surface area (Å²) < 4.78 is 22.6. The zero-order valence-corrected chi connectivity index (χ0v) is 13.1. The molecule has 0 saturated heterocycles. The minimum absolute atomic E-state index is 0.163. The van der Waals surface area contributed by atoms with Crippen molar-refractivity contribution in [3.63, 3.8) is 0 Å². The van der Waals surface area contributed by atoms with Crippen LogP contribution < -0.4 is 5.73 Å². The van der Waals surface area contributed by atoms with E-state index in [1.165, 1.54) is 11.4 Å². The van der Waals surface area contributed by atoms with E-state index in [-0.39, 0.29) is 6.04 Å². The zero-order valence-electron chi connectivity index (χ0n) is 12.2. The van der Waals surface area contributed by atoms with Gasteiger partial charge in [-0.1, -0.05) is 36.4 Å². The van der Waals surface area contributed by atoms with Crippen LogP contribution >= 0.6 is 7.60 Å². The summed E-state index contributed by atoms with van der Waals surface area (Å²) in [6.45, 7) is 4.27. The second-order valence-electron chi connectivity index (χ2n) is 4.41. The average molecular weight is 297 g/mol. The van der Waals surface area contributed by atoms with E-state index < -0.39 is 7.60 Å². The molecule has 1 unspecified atom stereocenters. The van der Waals surface area contributed by atoms with Crippen molar-refractivity contribution in [2.75, 3.05) is 13.2 Å². The summed E-state index contributed by atoms with van der Waals surface area (Å²) in [4.78, 5) is 0. The zero-order chi connectivity index (χ0) is 14.8. The van der Waals surface area contributed by atoms with Gasteiger partial charge in [0.2, 0.25) is 0 Å². The lowest BCUT2D eigenvalue weighted by Crippen LogP contribution is -2.17. The molecule has 0 aromatic heterocycles. The van der Waals surface area contributed by atoms with Crippen LogP contribution in [0.5, 0.6) is 0 Å². The molecule has 0 radical (unpaired) electrons. The number of rotatable bonds is 9. The van der Waals surface area contributed by atoms with Gasteiger partial charge < -0.3 is 14.8 Å². The number of hydrogen-bond acceptors (Lipinski definition) is 4. The van der Waals surface area contributed by atoms with Crippen LogP contribution in [-0.4, -0.2) is 19.3 Å². The normalized spacial score (nSPS) is 13.8. The third kappa shape index (κ3) is 6.49. The van der Waals surface area contributed by atoms with E-state index in [1.54, 1.807) is 19.9 Å². The molecular weight excluding hydrogens is 273 g/mol. The molecule has 0 bridgehead atoms. The van der Waals surface area contributed by atoms with Gasteiger partial charge in [0, 0.05) is 11.9 Å². The standard InChI is InChI=1S/C15H24NO3P/c1-3-18-20(17,19-4-2)13-12-15(16)11-10-14-8-6-5-7-9-14/h5-9,12-13,15H,3-4,10-11,16H2,1-2H3/b13-12+. The van der Waals surface area contributed by atoms with Crippen LogP contribution in [0.15, 0.2) is 42.2 Å². The molecular formula is C15H24NO3P. The van der Waals surface area contributed by atoms with Crippen LogP contribution in [0.3, 0.4) is 0 Å². The van der Waals surface area contributed by atoms with E-state index in [0.717, 1.165) is 12.8 Å². The molecule has 0 aliphatic rings. The van der Waals surface area contributed by atoms with Crippen molar-refractivity contribution in [2.45, 2.75) is 32.7 Å². The third-order valence-electron chi connectivity index (χ3n) is 2.74. The quantitative estimate of drug-likeness (QED) is 0.706. The van der Waals surface area contributed by atoms with Crippen LogP contribution in [-0.2, 0) is 20.0 Å². The van der Waals surface area contributed by atoms with Crippen LogP contribution in [0.1, 0.15) is 25.8 Å². The van der Waals surface area contributed by atoms with E-state index in [2.05, 4.69) is 12.1 Å². The Hall–Kier alpha value is -0.930. The smallest absolute Gasteiger partial charge is 0.324 e. The Morgan fingerprint density at radius 3 is 2.35 bits per heavy atom. The Kier molecular flexibility index (Phi) is 7.78. The van der Waals surface area contributed by atoms with E-state index in [4.69, 9.17) is 14.8 Å². The largest absolute Gasteiger partial charge is 0.353 e. The Morgan fingerprint density at radius 1 is 1.20 bits per heavy atom. The second kappa shape index (κ2) is 9.09. The fourth-order valence-electron chi connectivity index (χ4n) is 1.77. The van der Waals surface area contributed by atoms with Gasteiger partial charge in [0.15, 0.2) is 0 Å². The summed E-state index contributed by atoms with van der Waals surface area (Å²) >= 11 is 0. The molecule has 0 saturated carbocycles. The first-order chi connectivity index (χ1) is 9.59. The Labute approximate surface area is 121 Å². The summed E-state index contributed by atoms with van der Waals surface area (Å²) in [5.74, 6) is 1.48. The Balaban J connectivity index is 2.49. The first-order valence-electron chi connectivity index (χ1n) is 6.97. The van der Waals surface area contributed by atoms with Crippen molar-refractivity contribution < 1.29 is 13.6 Å². The molecule has 0 aliphatic heterocycles. The average Bonchev–Trinajstić information content (AvgIpc) is 2.45. The van der Waals surface area contributed by atoms with Crippen LogP contribution in [0, 0.1) is 0 Å². The molecule has 0 heterocycles. The maximum absolute atomic E-state index is 12.2. The first-order valence-corrected chi connectivity index (χ1v) is 8.58. The van der Waals surface area contributed by atoms with Gasteiger partial charge in [-0.05, 0) is 32.3 Å². The van der Waals surface area contributed by atoms with Gasteiger partial charge in [-0.2, -0.15) is 0 Å². The van der Waals surface area contributed by atoms with Crippen molar-refractivity contribution in [1.82, 2.24) is 0 Å². The summed E-state index contributed by atoms with van der Waals surface area (Å²) in [5.41, 5.74) is 7.25. The Bertz CT molecular complexity index is 438. The van der Waals surface area contributed by atoms with Gasteiger partial charge in [-0.15, -0.1) is 0 Å². The summed E-state index contributed by atoms with van der Waals surface area (Å²) in [7, 11) is -3.13. The molecule has 5 heteroatoms. The fourth-order valence-corrected chi connectivity index (χ4v) is 3.17. The molecule has 0 spiro atoms. The molecule has 0 aliphatic carbocycles. The topological polar surface area (TPSA) is 61.5 Å². The minimum Gasteiger partial charge on any atom is -0.324 e. The molecule has 1 aromatic carbocycles. The van der Waals surface area contributed by atoms with Gasteiger partial charge in [-0.25, -0.2) is 0 Å². The number of nitrogens with two attached hydrogens (primary N) is 1. The second-order valence-corrected chi connectivity index (χ2v) is 6.30. The predicted octanol–water partition coefficient (Wildman–Crippen LogP) is 3.73. The van der Waals surface area contributed by atoms with Crippen LogP contribution in [0.2, 0.25) is 0 Å². The highest BCUT2D eigenvalue weighted by Gasteiger charge is 2.19. The van der Waals surface area contributed by atoms with Gasteiger partial charge in [0.05, 0.1) is 13.2 Å². The monoisotopic (exact) mass is 297 g/mol. The SMILES string of the molecule is CCOP(=O)(/C=C/C(N)CCc1ccccc1)OCC. The lowest BCUT2D eigenvalue weighted by molar-refractivity contribution is 0.229. The van der Waals surface area contributed by atoms with Crippen molar-refractivity contribution in [3.05, 3.63) is 47.8 Å². The molecule has 0 fully saturated rings. The molecule has 2 N–H and O–H groups in total. The van der Waals surface area contributed by atoms with Gasteiger partial charge in [0.1, 0.15) is 0 Å². The summed E-state index contributed by atoms with van der Waals surface area (Å²) in [6, 6.07) is 9.99. The van der Waals surface area contributed by atoms with Gasteiger partial charge in [0.25, 0.3) is 0 Å². The van der Waals surface area contributed by atoms with Crippen molar-refractivity contribution >= 4 is 7.60 Å². The van der Waals surface area contributed by atoms with Crippen molar-refractivity contribution in [1.29, 1.82) is 0 Å². The molecule has 20 heavy (non-hydrogen) atoms. The van der Waals surface area contributed by atoms with Gasteiger partial charge in [-0.3, -0.25) is 4.57 Å². The predicted molar refractivity (Wildman–Crippen MR) is 82.7 cm³/mol. The maximum Gasteiger partial charge on any atom is 0.353 e. The summed E-state index contributed by atoms with van der Waals surface area (Å²) in [5, 5.41) is 0. The lowest BCUT2D eigenvalue weighted by Gasteiger charge is -2.13. The molecule has 1 rings (SSSR count). The van der Waals surface area contributed by atoms with Crippen LogP contribution in [0.25, 0.3) is 0 Å². The highest BCUT2D eigenvalue weighted by Crippen LogP contribution is 2.49. The molecule has 1 atom stereocenters. The first kappa shape index (κ1) is 17.1. The lowest BCUT2D eigenvalue weighted by atomic mass is 10.1. The maximum atomic E-state index is 12.2. The minimum atomic E-state index is -3.13. The molecule has 0 amide bonds. The van der Waals surface area contributed by atoms with E-state index in [9.17, 15) is 4.57 Å². The van der Waals surface area contributed by atoms with E-state index in [1.807, 2.05) is 18.2 Å². The van der Waals surface area contributed by atoms with Gasteiger partial charge >= 0.3 is 7.60 Å². The number of benzene rings is 1. The molecule has 112 valence electrons. The van der Waals surface area contributed by atoms with E-state index >= 15 is 0 Å². The number of hydrogen-bond donors (Lipinski definition) is 1. The van der Waals surface area contributed by atoms with Crippen molar-refractivity contribution in [2.24, 2.45) is 5.73 Å². The van der Waals surface area contributed by atoms with E-state index in [0.29, 0.717) is 13.2 Å². The third-order valence-corrected chi connectivity index (χ3v) is 4.52. The highest BCUT2D eigenvalue weighted by atomic mass is 31.2. The fraction of sp³-hybridized carbons (Fsp3) is 0.467. The number of aryl methyl sites for hydroxylation is 1. The van der Waals surface area contributed by atoms with Crippen molar-refractivity contribution in [3.8, 4) is 0 Å². The summed E-state index contributed by atoms with van der Waals surface area (Å²) in [6.07, 6.45) is 3.40. The molecule has 1 aromatic rings. The van der Waals surface area contributed by atoms with Crippen LogP contribution in [0.4, 0.5) is 0 Å². The Morgan fingerprint density at radius 2 is 1.80 bits per heavy atom. The molecule has 4 nitrogen and oxygen atoms in total. The highest BCUT2D eigenvalue weighted by molar-refractivity contribution is 7.57.